The summed E-state index contributed by atoms with van der Waals surface area (Å²) in [6.45, 7) is 13.4. The second kappa shape index (κ2) is 5.38. The Kier molecular flexibility index (Phi) is 3.80. The Morgan fingerprint density at radius 3 is 2.60 bits per heavy atom. The minimum absolute atomic E-state index is 0.0300. The fraction of sp³-hybridized carbons (Fsp3) is 0.947. The van der Waals surface area contributed by atoms with E-state index in [0.29, 0.717) is 11.3 Å². The van der Waals surface area contributed by atoms with E-state index in [1.165, 1.54) is 6.42 Å². The first-order valence-electron chi connectivity index (χ1n) is 9.85. The molecule has 2 heterocycles. The topological polar surface area (TPSA) is 48.0 Å². The Bertz CT molecular complexity index is 574. The van der Waals surface area contributed by atoms with Crippen LogP contribution in [0.5, 0.6) is 0 Å². The van der Waals surface area contributed by atoms with Crippen LogP contribution in [0.15, 0.2) is 0 Å². The first kappa shape index (κ1) is 17.7. The van der Waals surface area contributed by atoms with Crippen molar-refractivity contribution in [1.82, 2.24) is 4.90 Å². The molecule has 5 rings (SSSR count). The number of carbonyl (C=O) groups excluding carboxylic acids is 1. The standard InChI is InChI=1S/C19H32BNO4/c1-17(2,3)23-16(22)21-9-7-8-15(21)20-24-14-11-12-10-13(18(12,4)5)19(14,6)25-20/h12-15H,7-11H2,1-6H3/t12?,13?,14?,15?,19-/m0/s1. The molecular weight excluding hydrogens is 317 g/mol. The number of hydrogen-bond donors (Lipinski definition) is 0. The van der Waals surface area contributed by atoms with Crippen molar-refractivity contribution in [3.05, 3.63) is 0 Å². The summed E-state index contributed by atoms with van der Waals surface area (Å²) in [6.07, 6.45) is 4.14. The Balaban J connectivity index is 1.49. The number of likely N-dealkylation sites (tertiary alicyclic amines) is 1. The number of hydrogen-bond acceptors (Lipinski definition) is 4. The third-order valence-electron chi connectivity index (χ3n) is 7.21. The van der Waals surface area contributed by atoms with Gasteiger partial charge >= 0.3 is 13.2 Å². The largest absolute Gasteiger partial charge is 0.482 e. The van der Waals surface area contributed by atoms with Crippen LogP contribution in [0.25, 0.3) is 0 Å². The van der Waals surface area contributed by atoms with Crippen molar-refractivity contribution in [2.45, 2.75) is 90.5 Å². The zero-order valence-corrected chi connectivity index (χ0v) is 16.5. The van der Waals surface area contributed by atoms with E-state index in [1.807, 2.05) is 25.7 Å². The second-order valence-corrected chi connectivity index (χ2v) is 10.2. The molecule has 0 aromatic heterocycles. The summed E-state index contributed by atoms with van der Waals surface area (Å²) in [4.78, 5) is 14.4. The quantitative estimate of drug-likeness (QED) is 0.678. The molecule has 2 aliphatic heterocycles. The molecule has 0 N–H and O–H groups in total. The predicted molar refractivity (Wildman–Crippen MR) is 96.1 cm³/mol. The molecule has 5 fully saturated rings. The molecule has 0 spiro atoms. The average Bonchev–Trinajstić information content (AvgIpc) is 3.07. The second-order valence-electron chi connectivity index (χ2n) is 10.2. The summed E-state index contributed by atoms with van der Waals surface area (Å²) in [5, 5.41) is 0. The summed E-state index contributed by atoms with van der Waals surface area (Å²) in [5.74, 6) is 1.26. The third kappa shape index (κ3) is 2.63. The number of carbonyl (C=O) groups is 1. The SMILES string of the molecule is CC(C)(C)OC(=O)N1CCCC1B1OC2CC3CC(C3(C)C)[C@]2(C)O1. The normalized spacial score (nSPS) is 42.2. The first-order chi connectivity index (χ1) is 11.5. The maximum Gasteiger partial charge on any atom is 0.482 e. The van der Waals surface area contributed by atoms with E-state index in [9.17, 15) is 4.79 Å². The van der Waals surface area contributed by atoms with E-state index in [-0.39, 0.29) is 30.9 Å². The van der Waals surface area contributed by atoms with Crippen LogP contribution in [-0.2, 0) is 14.0 Å². The Hall–Kier alpha value is -0.745. The molecule has 25 heavy (non-hydrogen) atoms. The summed E-state index contributed by atoms with van der Waals surface area (Å²) in [6, 6.07) is 0. The van der Waals surface area contributed by atoms with Crippen LogP contribution in [0.4, 0.5) is 4.79 Å². The molecule has 3 saturated carbocycles. The molecule has 5 aliphatic rings. The fourth-order valence-corrected chi connectivity index (χ4v) is 5.69. The van der Waals surface area contributed by atoms with Crippen LogP contribution in [0, 0.1) is 17.3 Å². The number of ether oxygens (including phenoxy) is 1. The molecule has 0 aromatic carbocycles. The molecule has 4 unspecified atom stereocenters. The van der Waals surface area contributed by atoms with Gasteiger partial charge in [0.2, 0.25) is 0 Å². The van der Waals surface area contributed by atoms with Crippen LogP contribution in [-0.4, -0.2) is 47.9 Å². The van der Waals surface area contributed by atoms with Gasteiger partial charge in [-0.1, -0.05) is 13.8 Å². The fourth-order valence-electron chi connectivity index (χ4n) is 5.69. The average molecular weight is 349 g/mol. The summed E-state index contributed by atoms with van der Waals surface area (Å²) in [7, 11) is -0.319. The molecule has 1 amide bonds. The smallest absolute Gasteiger partial charge is 0.444 e. The minimum atomic E-state index is -0.479. The Morgan fingerprint density at radius 2 is 1.96 bits per heavy atom. The molecule has 3 aliphatic carbocycles. The van der Waals surface area contributed by atoms with Gasteiger partial charge in [-0.25, -0.2) is 4.79 Å². The number of amides is 1. The minimum Gasteiger partial charge on any atom is -0.444 e. The van der Waals surface area contributed by atoms with Crippen molar-refractivity contribution in [3.8, 4) is 0 Å². The summed E-state index contributed by atoms with van der Waals surface area (Å²) >= 11 is 0. The van der Waals surface area contributed by atoms with Gasteiger partial charge in [-0.2, -0.15) is 0 Å². The van der Waals surface area contributed by atoms with Crippen molar-refractivity contribution >= 4 is 13.2 Å². The van der Waals surface area contributed by atoms with Crippen molar-refractivity contribution in [3.63, 3.8) is 0 Å². The number of rotatable bonds is 1. The molecule has 6 heteroatoms. The van der Waals surface area contributed by atoms with Crippen molar-refractivity contribution < 1.29 is 18.8 Å². The van der Waals surface area contributed by atoms with Crippen LogP contribution >= 0.6 is 0 Å². The number of nitrogens with zero attached hydrogens (tertiary/aromatic N) is 1. The maximum absolute atomic E-state index is 12.6. The van der Waals surface area contributed by atoms with Gasteiger partial charge < -0.3 is 18.9 Å². The summed E-state index contributed by atoms with van der Waals surface area (Å²) < 4.78 is 18.5. The van der Waals surface area contributed by atoms with E-state index in [4.69, 9.17) is 14.0 Å². The third-order valence-corrected chi connectivity index (χ3v) is 7.21. The van der Waals surface area contributed by atoms with Crippen molar-refractivity contribution in [2.24, 2.45) is 17.3 Å². The summed E-state index contributed by atoms with van der Waals surface area (Å²) in [5.41, 5.74) is -0.359. The van der Waals surface area contributed by atoms with Crippen LogP contribution < -0.4 is 0 Å². The lowest BCUT2D eigenvalue weighted by Crippen LogP contribution is -2.65. The Morgan fingerprint density at radius 1 is 1.24 bits per heavy atom. The van der Waals surface area contributed by atoms with E-state index in [0.717, 1.165) is 31.7 Å². The van der Waals surface area contributed by atoms with E-state index in [1.54, 1.807) is 0 Å². The van der Waals surface area contributed by atoms with Gasteiger partial charge in [0.1, 0.15) is 5.60 Å². The van der Waals surface area contributed by atoms with Gasteiger partial charge in [-0.05, 0) is 70.6 Å². The lowest BCUT2D eigenvalue weighted by atomic mass is 9.43. The molecule has 140 valence electrons. The van der Waals surface area contributed by atoms with Gasteiger partial charge in [-0.3, -0.25) is 0 Å². The maximum atomic E-state index is 12.6. The highest BCUT2D eigenvalue weighted by Crippen LogP contribution is 2.65. The molecule has 2 saturated heterocycles. The van der Waals surface area contributed by atoms with Crippen molar-refractivity contribution in [2.75, 3.05) is 6.54 Å². The molecule has 2 bridgehead atoms. The predicted octanol–water partition coefficient (Wildman–Crippen LogP) is 3.65. The molecule has 0 radical (unpaired) electrons. The lowest BCUT2D eigenvalue weighted by molar-refractivity contribution is -0.199. The van der Waals surface area contributed by atoms with Gasteiger partial charge in [-0.15, -0.1) is 0 Å². The van der Waals surface area contributed by atoms with Crippen LogP contribution in [0.1, 0.15) is 67.2 Å². The Labute approximate surface area is 151 Å². The monoisotopic (exact) mass is 349 g/mol. The highest BCUT2D eigenvalue weighted by atomic mass is 16.7. The van der Waals surface area contributed by atoms with Gasteiger partial charge in [0, 0.05) is 6.54 Å². The highest BCUT2D eigenvalue weighted by Gasteiger charge is 2.69. The first-order valence-corrected chi connectivity index (χ1v) is 9.85. The van der Waals surface area contributed by atoms with Gasteiger partial charge in [0.05, 0.1) is 17.6 Å². The van der Waals surface area contributed by atoms with Gasteiger partial charge in [0.15, 0.2) is 0 Å². The molecule has 5 atom stereocenters. The van der Waals surface area contributed by atoms with E-state index < -0.39 is 5.60 Å². The highest BCUT2D eigenvalue weighted by molar-refractivity contribution is 6.47. The zero-order valence-electron chi connectivity index (χ0n) is 16.5. The van der Waals surface area contributed by atoms with E-state index >= 15 is 0 Å². The van der Waals surface area contributed by atoms with Gasteiger partial charge in [0.25, 0.3) is 0 Å². The van der Waals surface area contributed by atoms with Crippen LogP contribution in [0.2, 0.25) is 0 Å². The lowest BCUT2D eigenvalue weighted by Gasteiger charge is -2.64. The van der Waals surface area contributed by atoms with Crippen molar-refractivity contribution in [1.29, 1.82) is 0 Å². The molecule has 0 aromatic rings. The van der Waals surface area contributed by atoms with Crippen LogP contribution in [0.3, 0.4) is 0 Å². The van der Waals surface area contributed by atoms with E-state index in [2.05, 4.69) is 20.8 Å². The molecular formula is C19H32BNO4. The molecule has 5 nitrogen and oxygen atoms in total. The zero-order chi connectivity index (χ0) is 18.2.